The second-order valence-electron chi connectivity index (χ2n) is 5.54. The number of carboxylic acid groups (broad SMARTS) is 1. The average molecular weight is 270 g/mol. The molecule has 0 spiro atoms. The van der Waals surface area contributed by atoms with Crippen LogP contribution in [-0.2, 0) is 4.79 Å². The first-order chi connectivity index (χ1) is 8.95. The van der Waals surface area contributed by atoms with E-state index in [1.165, 1.54) is 24.2 Å². The lowest BCUT2D eigenvalue weighted by Gasteiger charge is -2.36. The molecule has 0 heterocycles. The summed E-state index contributed by atoms with van der Waals surface area (Å²) in [6, 6.07) is 0.240. The third-order valence-electron chi connectivity index (χ3n) is 4.23. The van der Waals surface area contributed by atoms with Crippen LogP contribution in [0.25, 0.3) is 0 Å². The molecule has 19 heavy (non-hydrogen) atoms. The number of hydrogen-bond acceptors (Lipinski definition) is 2. The fourth-order valence-electron chi connectivity index (χ4n) is 2.72. The molecule has 1 N–H and O–H groups in total. The number of hydrogen-bond donors (Lipinski definition) is 1. The van der Waals surface area contributed by atoms with E-state index in [0.717, 1.165) is 18.8 Å². The molecule has 1 fully saturated rings. The molecular formula is C14H26N2O3. The number of carbonyl (C=O) groups is 2. The largest absolute Gasteiger partial charge is 0.481 e. The van der Waals surface area contributed by atoms with Gasteiger partial charge in [-0.05, 0) is 31.6 Å². The van der Waals surface area contributed by atoms with Crippen LogP contribution in [0.5, 0.6) is 0 Å². The zero-order valence-corrected chi connectivity index (χ0v) is 12.3. The van der Waals surface area contributed by atoms with E-state index in [4.69, 9.17) is 5.11 Å². The Morgan fingerprint density at radius 1 is 1.16 bits per heavy atom. The van der Waals surface area contributed by atoms with Crippen LogP contribution in [0.3, 0.4) is 0 Å². The standard InChI is InChI=1S/C14H26N2O3/c1-4-11-5-7-12(8-6-11)16(3)14(19)15(2)10-9-13(17)18/h11-12H,4-10H2,1-3H3,(H,17,18). The molecule has 0 atom stereocenters. The van der Waals surface area contributed by atoms with Crippen LogP contribution in [-0.4, -0.2) is 53.6 Å². The molecule has 0 aliphatic heterocycles. The van der Waals surface area contributed by atoms with Gasteiger partial charge in [0.2, 0.25) is 0 Å². The third kappa shape index (κ3) is 4.73. The second kappa shape index (κ2) is 7.36. The van der Waals surface area contributed by atoms with Crippen LogP contribution in [0.15, 0.2) is 0 Å². The SMILES string of the molecule is CCC1CCC(N(C)C(=O)N(C)CCC(=O)O)CC1. The molecule has 0 radical (unpaired) electrons. The van der Waals surface area contributed by atoms with E-state index >= 15 is 0 Å². The Bertz CT molecular complexity index is 312. The van der Waals surface area contributed by atoms with Gasteiger partial charge in [0.1, 0.15) is 0 Å². The molecule has 0 bridgehead atoms. The predicted octanol–water partition coefficient (Wildman–Crippen LogP) is 2.41. The Morgan fingerprint density at radius 3 is 2.21 bits per heavy atom. The molecule has 0 aromatic carbocycles. The molecule has 5 nitrogen and oxygen atoms in total. The molecule has 1 saturated carbocycles. The van der Waals surface area contributed by atoms with Crippen molar-refractivity contribution in [1.29, 1.82) is 0 Å². The topological polar surface area (TPSA) is 60.9 Å². The highest BCUT2D eigenvalue weighted by molar-refractivity contribution is 5.75. The molecule has 5 heteroatoms. The molecule has 0 aromatic rings. The van der Waals surface area contributed by atoms with E-state index < -0.39 is 5.97 Å². The minimum atomic E-state index is -0.870. The Labute approximate surface area is 115 Å². The summed E-state index contributed by atoms with van der Waals surface area (Å²) in [4.78, 5) is 26.0. The summed E-state index contributed by atoms with van der Waals surface area (Å²) in [5, 5.41) is 8.64. The summed E-state index contributed by atoms with van der Waals surface area (Å²) < 4.78 is 0. The van der Waals surface area contributed by atoms with Gasteiger partial charge in [0.15, 0.2) is 0 Å². The maximum atomic E-state index is 12.2. The molecule has 2 amide bonds. The minimum absolute atomic E-state index is 0.00133. The number of amides is 2. The predicted molar refractivity (Wildman–Crippen MR) is 74.1 cm³/mol. The van der Waals surface area contributed by atoms with Gasteiger partial charge in [-0.15, -0.1) is 0 Å². The second-order valence-corrected chi connectivity index (χ2v) is 5.54. The minimum Gasteiger partial charge on any atom is -0.481 e. The molecule has 0 aromatic heterocycles. The van der Waals surface area contributed by atoms with Gasteiger partial charge >= 0.3 is 12.0 Å². The Kier molecular flexibility index (Phi) is 6.12. The quantitative estimate of drug-likeness (QED) is 0.834. The zero-order valence-electron chi connectivity index (χ0n) is 12.3. The van der Waals surface area contributed by atoms with Crippen molar-refractivity contribution in [2.45, 2.75) is 51.5 Å². The number of rotatable bonds is 5. The smallest absolute Gasteiger partial charge is 0.319 e. The Morgan fingerprint density at radius 2 is 1.74 bits per heavy atom. The van der Waals surface area contributed by atoms with Crippen molar-refractivity contribution in [1.82, 2.24) is 9.80 Å². The lowest BCUT2D eigenvalue weighted by molar-refractivity contribution is -0.137. The highest BCUT2D eigenvalue weighted by Crippen LogP contribution is 2.29. The number of nitrogens with zero attached hydrogens (tertiary/aromatic N) is 2. The van der Waals surface area contributed by atoms with Crippen LogP contribution >= 0.6 is 0 Å². The maximum absolute atomic E-state index is 12.2. The summed E-state index contributed by atoms with van der Waals surface area (Å²) >= 11 is 0. The molecule has 1 rings (SSSR count). The number of carbonyl (C=O) groups excluding carboxylic acids is 1. The monoisotopic (exact) mass is 270 g/mol. The average Bonchev–Trinajstić information content (AvgIpc) is 2.43. The van der Waals surface area contributed by atoms with Crippen LogP contribution in [0.2, 0.25) is 0 Å². The summed E-state index contributed by atoms with van der Waals surface area (Å²) in [5.41, 5.74) is 0. The summed E-state index contributed by atoms with van der Waals surface area (Å²) in [6.07, 6.45) is 5.73. The van der Waals surface area contributed by atoms with Crippen molar-refractivity contribution in [2.24, 2.45) is 5.92 Å². The highest BCUT2D eigenvalue weighted by Gasteiger charge is 2.27. The first-order valence-corrected chi connectivity index (χ1v) is 7.15. The van der Waals surface area contributed by atoms with Crippen molar-refractivity contribution in [3.05, 3.63) is 0 Å². The van der Waals surface area contributed by atoms with Crippen LogP contribution in [0.4, 0.5) is 4.79 Å². The van der Waals surface area contributed by atoms with E-state index in [9.17, 15) is 9.59 Å². The van der Waals surface area contributed by atoms with Gasteiger partial charge in [0.05, 0.1) is 6.42 Å². The van der Waals surface area contributed by atoms with Gasteiger partial charge in [-0.1, -0.05) is 13.3 Å². The van der Waals surface area contributed by atoms with Gasteiger partial charge in [-0.3, -0.25) is 4.79 Å². The maximum Gasteiger partial charge on any atom is 0.319 e. The van der Waals surface area contributed by atoms with Crippen molar-refractivity contribution in [3.8, 4) is 0 Å². The molecule has 110 valence electrons. The summed E-state index contributed by atoms with van der Waals surface area (Å²) in [5.74, 6) is -0.0600. The fraction of sp³-hybridized carbons (Fsp3) is 0.857. The van der Waals surface area contributed by atoms with E-state index in [-0.39, 0.29) is 19.0 Å². The van der Waals surface area contributed by atoms with Crippen LogP contribution in [0, 0.1) is 5.92 Å². The molecule has 1 aliphatic rings. The Balaban J connectivity index is 2.41. The number of aliphatic carboxylic acids is 1. The van der Waals surface area contributed by atoms with Gasteiger partial charge in [-0.25, -0.2) is 4.79 Å². The molecular weight excluding hydrogens is 244 g/mol. The van der Waals surface area contributed by atoms with Crippen molar-refractivity contribution >= 4 is 12.0 Å². The van der Waals surface area contributed by atoms with Crippen molar-refractivity contribution < 1.29 is 14.7 Å². The molecule has 0 unspecified atom stereocenters. The van der Waals surface area contributed by atoms with E-state index in [2.05, 4.69) is 6.92 Å². The first kappa shape index (κ1) is 15.8. The number of urea groups is 1. The molecule has 1 aliphatic carbocycles. The Hall–Kier alpha value is -1.26. The third-order valence-corrected chi connectivity index (χ3v) is 4.23. The summed E-state index contributed by atoms with van der Waals surface area (Å²) in [6.45, 7) is 2.49. The lowest BCUT2D eigenvalue weighted by atomic mass is 9.84. The lowest BCUT2D eigenvalue weighted by Crippen LogP contribution is -2.46. The zero-order chi connectivity index (χ0) is 14.4. The van der Waals surface area contributed by atoms with Crippen LogP contribution < -0.4 is 0 Å². The van der Waals surface area contributed by atoms with E-state index in [1.807, 2.05) is 7.05 Å². The number of carboxylic acids is 1. The van der Waals surface area contributed by atoms with Gasteiger partial charge in [0.25, 0.3) is 0 Å². The van der Waals surface area contributed by atoms with E-state index in [1.54, 1.807) is 11.9 Å². The van der Waals surface area contributed by atoms with Crippen LogP contribution in [0.1, 0.15) is 45.4 Å². The first-order valence-electron chi connectivity index (χ1n) is 7.15. The normalized spacial score (nSPS) is 22.9. The fourth-order valence-corrected chi connectivity index (χ4v) is 2.72. The van der Waals surface area contributed by atoms with Gasteiger partial charge in [0, 0.05) is 26.7 Å². The van der Waals surface area contributed by atoms with Gasteiger partial charge in [-0.2, -0.15) is 0 Å². The summed E-state index contributed by atoms with van der Waals surface area (Å²) in [7, 11) is 3.50. The van der Waals surface area contributed by atoms with Gasteiger partial charge < -0.3 is 14.9 Å². The van der Waals surface area contributed by atoms with Crippen molar-refractivity contribution in [2.75, 3.05) is 20.6 Å². The molecule has 0 saturated heterocycles. The highest BCUT2D eigenvalue weighted by atomic mass is 16.4. The van der Waals surface area contributed by atoms with Crippen molar-refractivity contribution in [3.63, 3.8) is 0 Å². The van der Waals surface area contributed by atoms with E-state index in [0.29, 0.717) is 6.04 Å².